The van der Waals surface area contributed by atoms with Crippen LogP contribution in [-0.4, -0.2) is 57.4 Å². The Bertz CT molecular complexity index is 387. The zero-order valence-corrected chi connectivity index (χ0v) is 12.0. The highest BCUT2D eigenvalue weighted by atomic mass is 35.5. The van der Waals surface area contributed by atoms with E-state index in [4.69, 9.17) is 21.1 Å². The molecule has 1 saturated heterocycles. The fourth-order valence-electron chi connectivity index (χ4n) is 2.18. The van der Waals surface area contributed by atoms with Crippen LogP contribution in [0.5, 0.6) is 5.75 Å². The Kier molecular flexibility index (Phi) is 5.92. The maximum atomic E-state index is 6.04. The van der Waals surface area contributed by atoms with Crippen LogP contribution in [0.1, 0.15) is 0 Å². The summed E-state index contributed by atoms with van der Waals surface area (Å²) in [5.41, 5.74) is 0. The van der Waals surface area contributed by atoms with Crippen LogP contribution < -0.4 is 10.1 Å². The Morgan fingerprint density at radius 2 is 2.32 bits per heavy atom. The molecule has 0 saturated carbocycles. The van der Waals surface area contributed by atoms with Crippen LogP contribution in [0.3, 0.4) is 0 Å². The van der Waals surface area contributed by atoms with Gasteiger partial charge in [0.25, 0.3) is 0 Å². The van der Waals surface area contributed by atoms with E-state index in [9.17, 15) is 0 Å². The van der Waals surface area contributed by atoms with Crippen LogP contribution in [0.15, 0.2) is 24.3 Å². The average Bonchev–Trinajstić information content (AvgIpc) is 2.42. The molecule has 4 nitrogen and oxygen atoms in total. The van der Waals surface area contributed by atoms with Crippen molar-refractivity contribution in [3.05, 3.63) is 29.3 Å². The molecule has 1 aromatic carbocycles. The van der Waals surface area contributed by atoms with Crippen LogP contribution in [-0.2, 0) is 4.74 Å². The van der Waals surface area contributed by atoms with E-state index in [-0.39, 0.29) is 6.10 Å². The molecule has 5 heteroatoms. The summed E-state index contributed by atoms with van der Waals surface area (Å²) < 4.78 is 11.4. The van der Waals surface area contributed by atoms with E-state index in [1.54, 1.807) is 0 Å². The summed E-state index contributed by atoms with van der Waals surface area (Å²) in [6.07, 6.45) is 0.277. The predicted octanol–water partition coefficient (Wildman–Crippen LogP) is 1.64. The number of nitrogens with zero attached hydrogens (tertiary/aromatic N) is 1. The summed E-state index contributed by atoms with van der Waals surface area (Å²) >= 11 is 6.04. The van der Waals surface area contributed by atoms with E-state index in [1.807, 2.05) is 31.3 Å². The highest BCUT2D eigenvalue weighted by Gasteiger charge is 2.19. The van der Waals surface area contributed by atoms with Gasteiger partial charge in [-0.25, -0.2) is 0 Å². The van der Waals surface area contributed by atoms with E-state index < -0.39 is 0 Å². The van der Waals surface area contributed by atoms with Crippen molar-refractivity contribution in [2.45, 2.75) is 6.10 Å². The molecule has 0 aliphatic carbocycles. The van der Waals surface area contributed by atoms with Crippen LogP contribution in [0.4, 0.5) is 0 Å². The lowest BCUT2D eigenvalue weighted by Crippen LogP contribution is -2.47. The number of morpholine rings is 1. The molecule has 1 N–H and O–H groups in total. The molecular formula is C14H21ClN2O2. The molecule has 106 valence electrons. The van der Waals surface area contributed by atoms with E-state index in [0.29, 0.717) is 11.6 Å². The highest BCUT2D eigenvalue weighted by molar-refractivity contribution is 6.32. The van der Waals surface area contributed by atoms with Crippen molar-refractivity contribution in [2.24, 2.45) is 0 Å². The normalized spacial score (nSPS) is 20.4. The van der Waals surface area contributed by atoms with Crippen LogP contribution in [0, 0.1) is 0 Å². The van der Waals surface area contributed by atoms with Crippen molar-refractivity contribution in [3.8, 4) is 5.75 Å². The van der Waals surface area contributed by atoms with Crippen molar-refractivity contribution in [2.75, 3.05) is 46.4 Å². The molecule has 1 aromatic rings. The third-order valence-corrected chi connectivity index (χ3v) is 3.47. The van der Waals surface area contributed by atoms with Gasteiger partial charge in [-0.1, -0.05) is 23.7 Å². The topological polar surface area (TPSA) is 33.7 Å². The van der Waals surface area contributed by atoms with Gasteiger partial charge in [0.15, 0.2) is 0 Å². The summed E-state index contributed by atoms with van der Waals surface area (Å²) in [5, 5.41) is 3.81. The lowest BCUT2D eigenvalue weighted by molar-refractivity contribution is -0.0291. The summed E-state index contributed by atoms with van der Waals surface area (Å²) in [4.78, 5) is 2.36. The maximum absolute atomic E-state index is 6.04. The molecule has 1 heterocycles. The van der Waals surface area contributed by atoms with E-state index in [2.05, 4.69) is 10.2 Å². The molecule has 19 heavy (non-hydrogen) atoms. The Labute approximate surface area is 119 Å². The summed E-state index contributed by atoms with van der Waals surface area (Å²) in [7, 11) is 1.95. The number of halogens is 1. The Morgan fingerprint density at radius 3 is 3.11 bits per heavy atom. The summed E-state index contributed by atoms with van der Waals surface area (Å²) in [6.45, 7) is 5.14. The van der Waals surface area contributed by atoms with E-state index >= 15 is 0 Å². The van der Waals surface area contributed by atoms with Gasteiger partial charge in [-0.3, -0.25) is 4.90 Å². The molecule has 0 aromatic heterocycles. The van der Waals surface area contributed by atoms with Gasteiger partial charge >= 0.3 is 0 Å². The number of likely N-dealkylation sites (N-methyl/N-ethyl adjacent to an activating group) is 1. The molecule has 1 atom stereocenters. The Morgan fingerprint density at radius 1 is 1.47 bits per heavy atom. The Balaban J connectivity index is 1.72. The zero-order chi connectivity index (χ0) is 13.5. The Hall–Kier alpha value is -0.810. The molecule has 1 aliphatic rings. The zero-order valence-electron chi connectivity index (χ0n) is 11.3. The molecule has 0 spiro atoms. The van der Waals surface area contributed by atoms with E-state index in [0.717, 1.165) is 38.5 Å². The smallest absolute Gasteiger partial charge is 0.137 e. The number of para-hydroxylation sites is 1. The SMILES string of the molecule is CNCC1CN(CCOc2ccccc2Cl)CCO1. The third kappa shape index (κ3) is 4.66. The maximum Gasteiger partial charge on any atom is 0.137 e. The molecule has 2 rings (SSSR count). The third-order valence-electron chi connectivity index (χ3n) is 3.16. The first kappa shape index (κ1) is 14.6. The number of hydrogen-bond acceptors (Lipinski definition) is 4. The minimum absolute atomic E-state index is 0.277. The largest absolute Gasteiger partial charge is 0.491 e. The van der Waals surface area contributed by atoms with Crippen molar-refractivity contribution < 1.29 is 9.47 Å². The van der Waals surface area contributed by atoms with Crippen LogP contribution in [0.2, 0.25) is 5.02 Å². The van der Waals surface area contributed by atoms with Gasteiger partial charge in [-0.2, -0.15) is 0 Å². The number of rotatable bonds is 6. The summed E-state index contributed by atoms with van der Waals surface area (Å²) in [6, 6.07) is 7.57. The number of nitrogens with one attached hydrogen (secondary N) is 1. The molecule has 1 unspecified atom stereocenters. The monoisotopic (exact) mass is 284 g/mol. The molecular weight excluding hydrogens is 264 g/mol. The first-order valence-electron chi connectivity index (χ1n) is 6.65. The fourth-order valence-corrected chi connectivity index (χ4v) is 2.37. The van der Waals surface area contributed by atoms with Crippen molar-refractivity contribution in [1.82, 2.24) is 10.2 Å². The highest BCUT2D eigenvalue weighted by Crippen LogP contribution is 2.22. The molecule has 0 radical (unpaired) electrons. The average molecular weight is 285 g/mol. The van der Waals surface area contributed by atoms with Gasteiger partial charge in [0.1, 0.15) is 12.4 Å². The second-order valence-corrected chi connectivity index (χ2v) is 5.04. The quantitative estimate of drug-likeness (QED) is 0.861. The van der Waals surface area contributed by atoms with Crippen LogP contribution >= 0.6 is 11.6 Å². The lowest BCUT2D eigenvalue weighted by atomic mass is 10.2. The van der Waals surface area contributed by atoms with Gasteiger partial charge in [0.2, 0.25) is 0 Å². The van der Waals surface area contributed by atoms with Gasteiger partial charge in [-0.05, 0) is 19.2 Å². The minimum Gasteiger partial charge on any atom is -0.491 e. The van der Waals surface area contributed by atoms with Gasteiger partial charge in [-0.15, -0.1) is 0 Å². The fraction of sp³-hybridized carbons (Fsp3) is 0.571. The second kappa shape index (κ2) is 7.70. The first-order valence-corrected chi connectivity index (χ1v) is 7.03. The van der Waals surface area contributed by atoms with Crippen molar-refractivity contribution in [1.29, 1.82) is 0 Å². The summed E-state index contributed by atoms with van der Waals surface area (Å²) in [5.74, 6) is 0.754. The number of ether oxygens (including phenoxy) is 2. The van der Waals surface area contributed by atoms with Gasteiger partial charge in [0.05, 0.1) is 17.7 Å². The number of hydrogen-bond donors (Lipinski definition) is 1. The second-order valence-electron chi connectivity index (χ2n) is 4.63. The van der Waals surface area contributed by atoms with Crippen LogP contribution in [0.25, 0.3) is 0 Å². The first-order chi connectivity index (χ1) is 9.29. The molecule has 1 fully saturated rings. The minimum atomic E-state index is 0.277. The standard InChI is InChI=1S/C14H21ClN2O2/c1-16-10-12-11-17(6-8-18-12)7-9-19-14-5-3-2-4-13(14)15/h2-5,12,16H,6-11H2,1H3. The van der Waals surface area contributed by atoms with Gasteiger partial charge < -0.3 is 14.8 Å². The van der Waals surface area contributed by atoms with Crippen molar-refractivity contribution in [3.63, 3.8) is 0 Å². The van der Waals surface area contributed by atoms with Crippen molar-refractivity contribution >= 4 is 11.6 Å². The predicted molar refractivity (Wildman–Crippen MR) is 77.1 cm³/mol. The molecule has 0 bridgehead atoms. The molecule has 1 aliphatic heterocycles. The number of benzene rings is 1. The lowest BCUT2D eigenvalue weighted by Gasteiger charge is -2.32. The van der Waals surface area contributed by atoms with Gasteiger partial charge in [0, 0.05) is 26.2 Å². The van der Waals surface area contributed by atoms with E-state index in [1.165, 1.54) is 0 Å². The molecule has 0 amide bonds.